The second-order valence-electron chi connectivity index (χ2n) is 4.85. The van der Waals surface area contributed by atoms with Crippen LogP contribution < -0.4 is 10.1 Å². The lowest BCUT2D eigenvalue weighted by atomic mass is 10.00. The van der Waals surface area contributed by atoms with E-state index >= 15 is 0 Å². The van der Waals surface area contributed by atoms with Crippen LogP contribution in [0.3, 0.4) is 0 Å². The number of hydrogen-bond donors (Lipinski definition) is 1. The average molecular weight is 265 g/mol. The molecule has 5 nitrogen and oxygen atoms in total. The molecule has 0 amide bonds. The molecule has 2 unspecified atom stereocenters. The molecule has 2 atom stereocenters. The van der Waals surface area contributed by atoms with E-state index in [0.29, 0.717) is 30.5 Å². The SMILES string of the molecule is CCOc1cc(C)nc(NCC2CCOC2CC)n1. The molecule has 0 spiro atoms. The number of nitrogens with one attached hydrogen (secondary N) is 1. The molecule has 1 saturated heterocycles. The minimum absolute atomic E-state index is 0.365. The molecule has 1 aliphatic rings. The lowest BCUT2D eigenvalue weighted by Crippen LogP contribution is -2.23. The van der Waals surface area contributed by atoms with Gasteiger partial charge in [0.05, 0.1) is 12.7 Å². The number of anilines is 1. The number of ether oxygens (including phenoxy) is 2. The van der Waals surface area contributed by atoms with E-state index in [1.807, 2.05) is 19.9 Å². The minimum Gasteiger partial charge on any atom is -0.478 e. The Labute approximate surface area is 114 Å². The summed E-state index contributed by atoms with van der Waals surface area (Å²) in [5.74, 6) is 1.82. The van der Waals surface area contributed by atoms with E-state index in [-0.39, 0.29) is 0 Å². The number of aryl methyl sites for hydroxylation is 1. The molecule has 19 heavy (non-hydrogen) atoms. The van der Waals surface area contributed by atoms with Crippen molar-refractivity contribution in [3.05, 3.63) is 11.8 Å². The van der Waals surface area contributed by atoms with Gasteiger partial charge in [0, 0.05) is 30.8 Å². The molecule has 0 aliphatic carbocycles. The molecule has 2 rings (SSSR count). The summed E-state index contributed by atoms with van der Waals surface area (Å²) in [4.78, 5) is 8.73. The fourth-order valence-corrected chi connectivity index (χ4v) is 2.44. The average Bonchev–Trinajstić information content (AvgIpc) is 2.83. The highest BCUT2D eigenvalue weighted by Gasteiger charge is 2.26. The van der Waals surface area contributed by atoms with Gasteiger partial charge in [-0.15, -0.1) is 0 Å². The Morgan fingerprint density at radius 3 is 3.00 bits per heavy atom. The van der Waals surface area contributed by atoms with Crippen molar-refractivity contribution < 1.29 is 9.47 Å². The number of rotatable bonds is 6. The van der Waals surface area contributed by atoms with Crippen LogP contribution in [-0.4, -0.2) is 35.8 Å². The summed E-state index contributed by atoms with van der Waals surface area (Å²) in [6.07, 6.45) is 2.53. The van der Waals surface area contributed by atoms with Gasteiger partial charge in [-0.2, -0.15) is 4.98 Å². The quantitative estimate of drug-likeness (QED) is 0.856. The summed E-state index contributed by atoms with van der Waals surface area (Å²) < 4.78 is 11.1. The van der Waals surface area contributed by atoms with Crippen LogP contribution >= 0.6 is 0 Å². The summed E-state index contributed by atoms with van der Waals surface area (Å²) in [6.45, 7) is 8.40. The van der Waals surface area contributed by atoms with Gasteiger partial charge in [-0.25, -0.2) is 4.98 Å². The van der Waals surface area contributed by atoms with Crippen LogP contribution in [0.1, 0.15) is 32.4 Å². The van der Waals surface area contributed by atoms with Gasteiger partial charge in [0.15, 0.2) is 0 Å². The van der Waals surface area contributed by atoms with Crippen LogP contribution in [0.5, 0.6) is 5.88 Å². The number of hydrogen-bond acceptors (Lipinski definition) is 5. The van der Waals surface area contributed by atoms with Crippen LogP contribution in [-0.2, 0) is 4.74 Å². The Hall–Kier alpha value is -1.36. The molecule has 2 heterocycles. The smallest absolute Gasteiger partial charge is 0.226 e. The van der Waals surface area contributed by atoms with E-state index in [2.05, 4.69) is 22.2 Å². The molecule has 5 heteroatoms. The fourth-order valence-electron chi connectivity index (χ4n) is 2.44. The number of nitrogens with zero attached hydrogens (tertiary/aromatic N) is 2. The monoisotopic (exact) mass is 265 g/mol. The molecule has 0 bridgehead atoms. The molecular formula is C14H23N3O2. The summed E-state index contributed by atoms with van der Waals surface area (Å²) >= 11 is 0. The summed E-state index contributed by atoms with van der Waals surface area (Å²) in [5.41, 5.74) is 0.913. The Kier molecular flexibility index (Phi) is 4.96. The maximum absolute atomic E-state index is 5.68. The first-order valence-corrected chi connectivity index (χ1v) is 7.06. The first-order valence-electron chi connectivity index (χ1n) is 7.06. The molecule has 1 aromatic rings. The Morgan fingerprint density at radius 1 is 1.42 bits per heavy atom. The summed E-state index contributed by atoms with van der Waals surface area (Å²) in [7, 11) is 0. The van der Waals surface area contributed by atoms with Crippen molar-refractivity contribution in [1.29, 1.82) is 0 Å². The second-order valence-corrected chi connectivity index (χ2v) is 4.85. The standard InChI is InChI=1S/C14H23N3O2/c1-4-12-11(6-7-19-12)9-15-14-16-10(3)8-13(17-14)18-5-2/h8,11-12H,4-7,9H2,1-3H3,(H,15,16,17). The molecule has 0 saturated carbocycles. The van der Waals surface area contributed by atoms with E-state index in [1.165, 1.54) is 0 Å². The fraction of sp³-hybridized carbons (Fsp3) is 0.714. The maximum Gasteiger partial charge on any atom is 0.226 e. The van der Waals surface area contributed by atoms with E-state index < -0.39 is 0 Å². The van der Waals surface area contributed by atoms with Crippen LogP contribution in [0.2, 0.25) is 0 Å². The van der Waals surface area contributed by atoms with Crippen molar-refractivity contribution in [3.63, 3.8) is 0 Å². The van der Waals surface area contributed by atoms with Gasteiger partial charge in [0.2, 0.25) is 11.8 Å². The van der Waals surface area contributed by atoms with Gasteiger partial charge in [-0.05, 0) is 26.7 Å². The van der Waals surface area contributed by atoms with E-state index in [1.54, 1.807) is 0 Å². The van der Waals surface area contributed by atoms with E-state index in [4.69, 9.17) is 9.47 Å². The van der Waals surface area contributed by atoms with Crippen LogP contribution in [0.25, 0.3) is 0 Å². The van der Waals surface area contributed by atoms with E-state index in [9.17, 15) is 0 Å². The largest absolute Gasteiger partial charge is 0.478 e. The molecule has 1 aliphatic heterocycles. The lowest BCUT2D eigenvalue weighted by Gasteiger charge is -2.17. The van der Waals surface area contributed by atoms with Crippen molar-refractivity contribution in [2.24, 2.45) is 5.92 Å². The zero-order valence-corrected chi connectivity index (χ0v) is 12.0. The molecule has 1 N–H and O–H groups in total. The van der Waals surface area contributed by atoms with Gasteiger partial charge < -0.3 is 14.8 Å². The van der Waals surface area contributed by atoms with Gasteiger partial charge >= 0.3 is 0 Å². The van der Waals surface area contributed by atoms with Crippen molar-refractivity contribution in [3.8, 4) is 5.88 Å². The first kappa shape index (κ1) is 14.1. The van der Waals surface area contributed by atoms with Crippen molar-refractivity contribution in [2.75, 3.05) is 25.1 Å². The van der Waals surface area contributed by atoms with E-state index in [0.717, 1.165) is 31.7 Å². The Bertz CT molecular complexity index is 412. The third kappa shape index (κ3) is 3.80. The second kappa shape index (κ2) is 6.70. The highest BCUT2D eigenvalue weighted by Crippen LogP contribution is 2.23. The zero-order chi connectivity index (χ0) is 13.7. The highest BCUT2D eigenvalue weighted by molar-refractivity contribution is 5.30. The first-order chi connectivity index (χ1) is 9.22. The normalized spacial score (nSPS) is 22.5. The van der Waals surface area contributed by atoms with Gasteiger partial charge in [0.1, 0.15) is 0 Å². The zero-order valence-electron chi connectivity index (χ0n) is 12.0. The van der Waals surface area contributed by atoms with Crippen LogP contribution in [0.15, 0.2) is 6.07 Å². The Balaban J connectivity index is 1.95. The molecule has 1 fully saturated rings. The van der Waals surface area contributed by atoms with Crippen LogP contribution in [0.4, 0.5) is 5.95 Å². The van der Waals surface area contributed by atoms with Crippen LogP contribution in [0, 0.1) is 12.8 Å². The minimum atomic E-state index is 0.365. The van der Waals surface area contributed by atoms with Gasteiger partial charge in [-0.3, -0.25) is 0 Å². The Morgan fingerprint density at radius 2 is 2.26 bits per heavy atom. The molecule has 0 aromatic carbocycles. The summed E-state index contributed by atoms with van der Waals surface area (Å²) in [6, 6.07) is 1.85. The van der Waals surface area contributed by atoms with Gasteiger partial charge in [-0.1, -0.05) is 6.92 Å². The van der Waals surface area contributed by atoms with Crippen molar-refractivity contribution in [1.82, 2.24) is 9.97 Å². The molecular weight excluding hydrogens is 242 g/mol. The van der Waals surface area contributed by atoms with Gasteiger partial charge in [0.25, 0.3) is 0 Å². The third-order valence-electron chi connectivity index (χ3n) is 3.39. The lowest BCUT2D eigenvalue weighted by molar-refractivity contribution is 0.0900. The predicted molar refractivity (Wildman–Crippen MR) is 74.6 cm³/mol. The highest BCUT2D eigenvalue weighted by atomic mass is 16.5. The van der Waals surface area contributed by atoms with Crippen molar-refractivity contribution in [2.45, 2.75) is 39.7 Å². The molecule has 0 radical (unpaired) electrons. The summed E-state index contributed by atoms with van der Waals surface area (Å²) in [5, 5.41) is 3.31. The maximum atomic E-state index is 5.68. The topological polar surface area (TPSA) is 56.3 Å². The third-order valence-corrected chi connectivity index (χ3v) is 3.39. The molecule has 1 aromatic heterocycles. The predicted octanol–water partition coefficient (Wildman–Crippen LogP) is 2.41. The molecule has 106 valence electrons. The van der Waals surface area contributed by atoms with Crippen molar-refractivity contribution >= 4 is 5.95 Å². The number of aromatic nitrogens is 2.